The first-order valence-corrected chi connectivity index (χ1v) is 13.2. The molecule has 0 radical (unpaired) electrons. The topological polar surface area (TPSA) is 75.6 Å². The maximum absolute atomic E-state index is 11.7. The van der Waals surface area contributed by atoms with Gasteiger partial charge in [-0.1, -0.05) is 36.2 Å². The Hall–Kier alpha value is -1.31. The Morgan fingerprint density at radius 1 is 1.12 bits per heavy atom. The van der Waals surface area contributed by atoms with Crippen molar-refractivity contribution in [1.29, 1.82) is 0 Å². The molecule has 2 aliphatic rings. The minimum absolute atomic E-state index is 0. The van der Waals surface area contributed by atoms with Crippen LogP contribution in [0.15, 0.2) is 42.5 Å². The molecule has 8 heteroatoms. The maximum atomic E-state index is 11.7. The standard InChI is InChI=1S/C24H30ClNO4S.ClH/c25-20-6-4-19(5-7-20)24(10-1-11-24)23-22-17-21(8-3-18(22)9-12-26-23)30-14-2-15-31(28,29)16-13-27;/h3-8,17,23,26-27H,1-2,9-16H2;1H. The Balaban J connectivity index is 0.00000289. The summed E-state index contributed by atoms with van der Waals surface area (Å²) in [6, 6.07) is 14.8. The average Bonchev–Trinajstić information content (AvgIpc) is 2.72. The van der Waals surface area contributed by atoms with E-state index >= 15 is 0 Å². The Morgan fingerprint density at radius 3 is 2.53 bits per heavy atom. The number of aliphatic hydroxyl groups is 1. The Labute approximate surface area is 201 Å². The first kappa shape index (κ1) is 25.3. The molecule has 2 aromatic rings. The van der Waals surface area contributed by atoms with E-state index in [4.69, 9.17) is 21.4 Å². The quantitative estimate of drug-likeness (QED) is 0.504. The second kappa shape index (κ2) is 10.7. The van der Waals surface area contributed by atoms with Crippen molar-refractivity contribution in [2.45, 2.75) is 43.6 Å². The first-order valence-electron chi connectivity index (χ1n) is 11.0. The van der Waals surface area contributed by atoms with Crippen LogP contribution in [-0.4, -0.2) is 44.8 Å². The van der Waals surface area contributed by atoms with Crippen LogP contribution < -0.4 is 10.1 Å². The van der Waals surface area contributed by atoms with Crippen molar-refractivity contribution in [1.82, 2.24) is 5.32 Å². The molecule has 1 aliphatic carbocycles. The van der Waals surface area contributed by atoms with Crippen LogP contribution in [0.5, 0.6) is 5.75 Å². The SMILES string of the molecule is Cl.O=S(=O)(CCO)CCCOc1ccc2c(c1)C(C1(c3ccc(Cl)cc3)CCC1)NCC2. The number of halogens is 2. The third-order valence-corrected chi connectivity index (χ3v) is 8.63. The van der Waals surface area contributed by atoms with Crippen molar-refractivity contribution in [3.63, 3.8) is 0 Å². The molecule has 0 saturated heterocycles. The number of hydrogen-bond donors (Lipinski definition) is 2. The van der Waals surface area contributed by atoms with Crippen molar-refractivity contribution in [2.24, 2.45) is 0 Å². The number of aliphatic hydroxyl groups excluding tert-OH is 1. The molecule has 1 fully saturated rings. The highest BCUT2D eigenvalue weighted by molar-refractivity contribution is 7.91. The summed E-state index contributed by atoms with van der Waals surface area (Å²) >= 11 is 6.13. The van der Waals surface area contributed by atoms with Gasteiger partial charge >= 0.3 is 0 Å². The van der Waals surface area contributed by atoms with E-state index in [-0.39, 0.29) is 42.0 Å². The van der Waals surface area contributed by atoms with Gasteiger partial charge in [-0.2, -0.15) is 0 Å². The predicted octanol–water partition coefficient (Wildman–Crippen LogP) is 4.25. The highest BCUT2D eigenvalue weighted by atomic mass is 35.5. The second-order valence-corrected chi connectivity index (χ2v) is 11.3. The third kappa shape index (κ3) is 5.42. The van der Waals surface area contributed by atoms with E-state index in [0.29, 0.717) is 13.0 Å². The molecule has 1 aliphatic heterocycles. The summed E-state index contributed by atoms with van der Waals surface area (Å²) < 4.78 is 29.4. The van der Waals surface area contributed by atoms with Crippen LogP contribution in [0, 0.1) is 0 Å². The summed E-state index contributed by atoms with van der Waals surface area (Å²) in [4.78, 5) is 0. The van der Waals surface area contributed by atoms with Crippen LogP contribution in [0.3, 0.4) is 0 Å². The molecule has 2 aromatic carbocycles. The van der Waals surface area contributed by atoms with Gasteiger partial charge in [-0.15, -0.1) is 12.4 Å². The summed E-state index contributed by atoms with van der Waals surface area (Å²) in [5.74, 6) is 0.617. The molecular weight excluding hydrogens is 469 g/mol. The molecule has 32 heavy (non-hydrogen) atoms. The lowest BCUT2D eigenvalue weighted by Gasteiger charge is -2.50. The molecule has 176 valence electrons. The predicted molar refractivity (Wildman–Crippen MR) is 131 cm³/mol. The number of sulfone groups is 1. The fourth-order valence-corrected chi connectivity index (χ4v) is 6.07. The summed E-state index contributed by atoms with van der Waals surface area (Å²) in [6.07, 6.45) is 4.89. The second-order valence-electron chi connectivity index (χ2n) is 8.59. The zero-order valence-electron chi connectivity index (χ0n) is 18.1. The van der Waals surface area contributed by atoms with Crippen LogP contribution in [0.4, 0.5) is 0 Å². The number of rotatable bonds is 9. The summed E-state index contributed by atoms with van der Waals surface area (Å²) in [5.41, 5.74) is 4.03. The van der Waals surface area contributed by atoms with Crippen molar-refractivity contribution in [2.75, 3.05) is 31.3 Å². The Kier molecular flexibility index (Phi) is 8.50. The molecule has 0 bridgehead atoms. The highest BCUT2D eigenvalue weighted by Gasteiger charge is 2.47. The molecule has 1 atom stereocenters. The van der Waals surface area contributed by atoms with Gasteiger partial charge in [0, 0.05) is 16.5 Å². The lowest BCUT2D eigenvalue weighted by molar-refractivity contribution is 0.164. The third-order valence-electron chi connectivity index (χ3n) is 6.66. The van der Waals surface area contributed by atoms with E-state index in [2.05, 4.69) is 29.6 Å². The minimum atomic E-state index is -3.21. The zero-order valence-corrected chi connectivity index (χ0v) is 20.4. The summed E-state index contributed by atoms with van der Waals surface area (Å²) in [5, 5.41) is 13.4. The number of benzene rings is 2. The molecule has 2 N–H and O–H groups in total. The lowest BCUT2D eigenvalue weighted by Crippen LogP contribution is -2.49. The zero-order chi connectivity index (χ0) is 21.9. The number of fused-ring (bicyclic) bond motifs is 1. The van der Waals surface area contributed by atoms with Crippen molar-refractivity contribution < 1.29 is 18.3 Å². The normalized spacial score (nSPS) is 19.4. The Bertz CT molecular complexity index is 1010. The molecular formula is C24H31Cl2NO4S. The fraction of sp³-hybridized carbons (Fsp3) is 0.500. The van der Waals surface area contributed by atoms with Gasteiger partial charge in [0.2, 0.25) is 0 Å². The van der Waals surface area contributed by atoms with Gasteiger partial charge in [0.1, 0.15) is 5.75 Å². The minimum Gasteiger partial charge on any atom is -0.494 e. The highest BCUT2D eigenvalue weighted by Crippen LogP contribution is 2.53. The summed E-state index contributed by atoms with van der Waals surface area (Å²) in [7, 11) is -3.21. The van der Waals surface area contributed by atoms with E-state index in [1.165, 1.54) is 23.1 Å². The number of nitrogens with one attached hydrogen (secondary N) is 1. The first-order chi connectivity index (χ1) is 14.9. The molecule has 1 unspecified atom stereocenters. The average molecular weight is 500 g/mol. The largest absolute Gasteiger partial charge is 0.494 e. The molecule has 4 rings (SSSR count). The fourth-order valence-electron chi connectivity index (χ4n) is 4.91. The summed E-state index contributed by atoms with van der Waals surface area (Å²) in [6.45, 7) is 0.956. The van der Waals surface area contributed by atoms with Gasteiger partial charge in [0.05, 0.1) is 24.7 Å². The molecule has 0 spiro atoms. The smallest absolute Gasteiger partial charge is 0.152 e. The van der Waals surface area contributed by atoms with Gasteiger partial charge in [0.15, 0.2) is 9.84 Å². The van der Waals surface area contributed by atoms with Crippen LogP contribution in [0.25, 0.3) is 0 Å². The van der Waals surface area contributed by atoms with E-state index < -0.39 is 9.84 Å². The van der Waals surface area contributed by atoms with Gasteiger partial charge in [-0.3, -0.25) is 0 Å². The molecule has 5 nitrogen and oxygen atoms in total. The van der Waals surface area contributed by atoms with Crippen LogP contribution >= 0.6 is 24.0 Å². The monoisotopic (exact) mass is 499 g/mol. The van der Waals surface area contributed by atoms with Crippen molar-refractivity contribution in [3.05, 3.63) is 64.2 Å². The van der Waals surface area contributed by atoms with E-state index in [1.807, 2.05) is 18.2 Å². The lowest BCUT2D eigenvalue weighted by atomic mass is 9.58. The van der Waals surface area contributed by atoms with Gasteiger partial charge < -0.3 is 15.2 Å². The number of hydrogen-bond acceptors (Lipinski definition) is 5. The van der Waals surface area contributed by atoms with E-state index in [1.54, 1.807) is 0 Å². The molecule has 0 amide bonds. The van der Waals surface area contributed by atoms with E-state index in [9.17, 15) is 8.42 Å². The van der Waals surface area contributed by atoms with Crippen LogP contribution in [0.1, 0.15) is 48.4 Å². The van der Waals surface area contributed by atoms with Crippen LogP contribution in [0.2, 0.25) is 5.02 Å². The van der Waals surface area contributed by atoms with Crippen molar-refractivity contribution in [3.8, 4) is 5.75 Å². The Morgan fingerprint density at radius 2 is 1.88 bits per heavy atom. The van der Waals surface area contributed by atoms with Crippen LogP contribution in [-0.2, 0) is 21.7 Å². The number of ether oxygens (including phenoxy) is 1. The van der Waals surface area contributed by atoms with Crippen molar-refractivity contribution >= 4 is 33.8 Å². The molecule has 0 aromatic heterocycles. The van der Waals surface area contributed by atoms with Gasteiger partial charge in [-0.25, -0.2) is 8.42 Å². The van der Waals surface area contributed by atoms with E-state index in [0.717, 1.165) is 36.6 Å². The van der Waals surface area contributed by atoms with Gasteiger partial charge in [0.25, 0.3) is 0 Å². The van der Waals surface area contributed by atoms with Gasteiger partial charge in [-0.05, 0) is 73.2 Å². The molecule has 1 saturated carbocycles. The molecule has 1 heterocycles. The maximum Gasteiger partial charge on any atom is 0.152 e.